The molecule has 0 radical (unpaired) electrons. The topological polar surface area (TPSA) is 83.5 Å². The van der Waals surface area contributed by atoms with Gasteiger partial charge in [0.15, 0.2) is 5.82 Å². The monoisotopic (exact) mass is 404 g/mol. The number of amides is 1. The summed E-state index contributed by atoms with van der Waals surface area (Å²) in [5, 5.41) is 3.16. The molecule has 1 fully saturated rings. The summed E-state index contributed by atoms with van der Waals surface area (Å²) >= 11 is 0. The minimum absolute atomic E-state index is 0.0503. The number of nitrogens with zero attached hydrogens (tertiary/aromatic N) is 5. The molecule has 3 aromatic rings. The molecule has 1 saturated heterocycles. The predicted molar refractivity (Wildman–Crippen MR) is 115 cm³/mol. The number of rotatable bonds is 5. The maximum Gasteiger partial charge on any atom is 0.321 e. The Labute approximate surface area is 175 Å². The molecule has 1 amide bonds. The average molecular weight is 404 g/mol. The highest BCUT2D eigenvalue weighted by atomic mass is 16.5. The lowest BCUT2D eigenvalue weighted by molar-refractivity contribution is 0.0664. The highest BCUT2D eigenvalue weighted by Crippen LogP contribution is 2.22. The van der Waals surface area contributed by atoms with Crippen molar-refractivity contribution >= 4 is 17.5 Å². The summed E-state index contributed by atoms with van der Waals surface area (Å²) in [5.74, 6) is 0.911. The number of methoxy groups -OCH3 is 1. The Morgan fingerprint density at radius 3 is 2.30 bits per heavy atom. The van der Waals surface area contributed by atoms with Gasteiger partial charge < -0.3 is 19.9 Å². The number of ether oxygens (including phenoxy) is 1. The zero-order valence-electron chi connectivity index (χ0n) is 17.1. The van der Waals surface area contributed by atoms with E-state index in [0.717, 1.165) is 37.4 Å². The van der Waals surface area contributed by atoms with E-state index in [2.05, 4.69) is 32.2 Å². The van der Waals surface area contributed by atoms with Crippen molar-refractivity contribution in [2.75, 3.05) is 45.7 Å². The van der Waals surface area contributed by atoms with E-state index in [0.29, 0.717) is 17.3 Å². The normalized spacial score (nSPS) is 14.4. The summed E-state index contributed by atoms with van der Waals surface area (Å²) in [6.45, 7) is 3.28. The number of anilines is 2. The molecule has 0 aliphatic carbocycles. The molecule has 1 aliphatic heterocycles. The number of carbonyl (C=O) groups excluding carboxylic acids is 1. The van der Waals surface area contributed by atoms with E-state index in [4.69, 9.17) is 4.74 Å². The van der Waals surface area contributed by atoms with Crippen LogP contribution in [0.25, 0.3) is 11.4 Å². The maximum atomic E-state index is 12.7. The first-order valence-electron chi connectivity index (χ1n) is 9.83. The van der Waals surface area contributed by atoms with E-state index in [1.54, 1.807) is 0 Å². The van der Waals surface area contributed by atoms with Gasteiger partial charge >= 0.3 is 6.01 Å². The highest BCUT2D eigenvalue weighted by molar-refractivity contribution is 5.94. The van der Waals surface area contributed by atoms with Gasteiger partial charge in [0.25, 0.3) is 5.91 Å². The molecule has 1 aromatic heterocycles. The zero-order chi connectivity index (χ0) is 20.9. The van der Waals surface area contributed by atoms with E-state index in [1.165, 1.54) is 7.11 Å². The lowest BCUT2D eigenvalue weighted by atomic mass is 10.1. The zero-order valence-corrected chi connectivity index (χ0v) is 17.1. The van der Waals surface area contributed by atoms with Gasteiger partial charge in [0, 0.05) is 43.0 Å². The molecule has 2 heterocycles. The maximum absolute atomic E-state index is 12.7. The molecule has 1 N–H and O–H groups in total. The van der Waals surface area contributed by atoms with Crippen LogP contribution < -0.4 is 10.1 Å². The highest BCUT2D eigenvalue weighted by Gasteiger charge is 2.20. The fraction of sp³-hybridized carbons (Fsp3) is 0.273. The van der Waals surface area contributed by atoms with Crippen molar-refractivity contribution in [3.8, 4) is 17.4 Å². The van der Waals surface area contributed by atoms with Crippen LogP contribution in [-0.4, -0.2) is 71.0 Å². The fourth-order valence-corrected chi connectivity index (χ4v) is 3.24. The van der Waals surface area contributed by atoms with Gasteiger partial charge in [-0.1, -0.05) is 30.3 Å². The smallest absolute Gasteiger partial charge is 0.321 e. The molecular formula is C22H24N6O2. The van der Waals surface area contributed by atoms with Crippen LogP contribution in [0.4, 0.5) is 11.6 Å². The Hall–Kier alpha value is -3.52. The van der Waals surface area contributed by atoms with Crippen LogP contribution in [0.2, 0.25) is 0 Å². The number of aromatic nitrogens is 3. The summed E-state index contributed by atoms with van der Waals surface area (Å²) in [7, 11) is 3.59. The second-order valence-electron chi connectivity index (χ2n) is 7.13. The third-order valence-electron chi connectivity index (χ3n) is 5.01. The molecular weight excluding hydrogens is 380 g/mol. The van der Waals surface area contributed by atoms with Crippen molar-refractivity contribution in [3.05, 3.63) is 60.2 Å². The van der Waals surface area contributed by atoms with Crippen molar-refractivity contribution < 1.29 is 9.53 Å². The SMILES string of the molecule is COc1nc(Nc2ccccc2)nc(-c2ccc(C(=O)N3CCN(C)CC3)cc2)n1. The van der Waals surface area contributed by atoms with Gasteiger partial charge in [-0.25, -0.2) is 0 Å². The van der Waals surface area contributed by atoms with Crippen LogP contribution in [0.15, 0.2) is 54.6 Å². The van der Waals surface area contributed by atoms with E-state index < -0.39 is 0 Å². The molecule has 154 valence electrons. The summed E-state index contributed by atoms with van der Waals surface area (Å²) in [5.41, 5.74) is 2.30. The minimum Gasteiger partial charge on any atom is -0.467 e. The second kappa shape index (κ2) is 8.87. The van der Waals surface area contributed by atoms with Crippen molar-refractivity contribution in [2.45, 2.75) is 0 Å². The molecule has 0 saturated carbocycles. The summed E-state index contributed by atoms with van der Waals surface area (Å²) in [6.07, 6.45) is 0. The first-order valence-corrected chi connectivity index (χ1v) is 9.83. The Balaban J connectivity index is 1.54. The number of hydrogen-bond donors (Lipinski definition) is 1. The van der Waals surface area contributed by atoms with Gasteiger partial charge in [-0.2, -0.15) is 15.0 Å². The van der Waals surface area contributed by atoms with E-state index >= 15 is 0 Å². The first-order chi connectivity index (χ1) is 14.6. The minimum atomic E-state index is 0.0503. The van der Waals surface area contributed by atoms with Crippen molar-refractivity contribution in [2.24, 2.45) is 0 Å². The number of carbonyl (C=O) groups is 1. The number of piperazine rings is 1. The van der Waals surface area contributed by atoms with Gasteiger partial charge in [0.05, 0.1) is 7.11 Å². The standard InChI is InChI=1S/C22H24N6O2/c1-27-12-14-28(15-13-27)20(29)17-10-8-16(9-11-17)19-24-21(26-22(25-19)30-2)23-18-6-4-3-5-7-18/h3-11H,12-15H2,1-2H3,(H,23,24,25,26). The van der Waals surface area contributed by atoms with Gasteiger partial charge in [-0.3, -0.25) is 4.79 Å². The Morgan fingerprint density at radius 1 is 0.933 bits per heavy atom. The van der Waals surface area contributed by atoms with Gasteiger partial charge in [-0.05, 0) is 31.3 Å². The Bertz CT molecular complexity index is 1000. The lowest BCUT2D eigenvalue weighted by Gasteiger charge is -2.32. The van der Waals surface area contributed by atoms with E-state index in [9.17, 15) is 4.79 Å². The molecule has 30 heavy (non-hydrogen) atoms. The van der Waals surface area contributed by atoms with Crippen LogP contribution in [0, 0.1) is 0 Å². The lowest BCUT2D eigenvalue weighted by Crippen LogP contribution is -2.47. The van der Waals surface area contributed by atoms with Crippen LogP contribution in [0.5, 0.6) is 6.01 Å². The summed E-state index contributed by atoms with van der Waals surface area (Å²) < 4.78 is 5.24. The van der Waals surface area contributed by atoms with Gasteiger partial charge in [-0.15, -0.1) is 0 Å². The molecule has 8 nitrogen and oxygen atoms in total. The summed E-state index contributed by atoms with van der Waals surface area (Å²) in [6, 6.07) is 17.2. The van der Waals surface area contributed by atoms with E-state index in [-0.39, 0.29) is 11.9 Å². The Morgan fingerprint density at radius 2 is 1.63 bits per heavy atom. The fourth-order valence-electron chi connectivity index (χ4n) is 3.24. The van der Waals surface area contributed by atoms with E-state index in [1.807, 2.05) is 59.5 Å². The number of benzene rings is 2. The van der Waals surface area contributed by atoms with Crippen molar-refractivity contribution in [1.29, 1.82) is 0 Å². The quantitative estimate of drug-likeness (QED) is 0.700. The van der Waals surface area contributed by atoms with Crippen molar-refractivity contribution in [1.82, 2.24) is 24.8 Å². The predicted octanol–water partition coefficient (Wildman–Crippen LogP) is 2.68. The van der Waals surface area contributed by atoms with Crippen molar-refractivity contribution in [3.63, 3.8) is 0 Å². The molecule has 0 unspecified atom stereocenters. The molecule has 1 aliphatic rings. The molecule has 0 bridgehead atoms. The van der Waals surface area contributed by atoms with Crippen LogP contribution >= 0.6 is 0 Å². The van der Waals surface area contributed by atoms with Gasteiger partial charge in [0.2, 0.25) is 5.95 Å². The second-order valence-corrected chi connectivity index (χ2v) is 7.13. The van der Waals surface area contributed by atoms with Crippen LogP contribution in [0.3, 0.4) is 0 Å². The Kier molecular flexibility index (Phi) is 5.85. The first kappa shape index (κ1) is 19.8. The molecule has 2 aromatic carbocycles. The number of para-hydroxylation sites is 1. The largest absolute Gasteiger partial charge is 0.467 e. The molecule has 4 rings (SSSR count). The third-order valence-corrected chi connectivity index (χ3v) is 5.01. The number of nitrogens with one attached hydrogen (secondary N) is 1. The number of hydrogen-bond acceptors (Lipinski definition) is 7. The third kappa shape index (κ3) is 4.55. The molecule has 0 atom stereocenters. The number of likely N-dealkylation sites (N-methyl/N-ethyl adjacent to an activating group) is 1. The van der Waals surface area contributed by atoms with Crippen LogP contribution in [-0.2, 0) is 0 Å². The summed E-state index contributed by atoms with van der Waals surface area (Å²) in [4.78, 5) is 30.0. The average Bonchev–Trinajstić information content (AvgIpc) is 2.79. The molecule has 8 heteroatoms. The molecule has 0 spiro atoms. The van der Waals surface area contributed by atoms with Gasteiger partial charge in [0.1, 0.15) is 0 Å². The van der Waals surface area contributed by atoms with Crippen LogP contribution in [0.1, 0.15) is 10.4 Å².